The Morgan fingerprint density at radius 1 is 1.07 bits per heavy atom. The van der Waals surface area contributed by atoms with Crippen molar-refractivity contribution in [2.75, 3.05) is 26.2 Å². The number of hydrogen-bond acceptors (Lipinski definition) is 7. The number of piperazine rings is 1. The van der Waals surface area contributed by atoms with E-state index in [9.17, 15) is 41.0 Å². The first kappa shape index (κ1) is 33.3. The molecule has 3 heterocycles. The van der Waals surface area contributed by atoms with Gasteiger partial charge in [0.05, 0.1) is 40.4 Å². The number of carbonyl (C=O) groups excluding carboxylic acids is 2. The summed E-state index contributed by atoms with van der Waals surface area (Å²) in [5.41, 5.74) is -3.03. The maximum absolute atomic E-state index is 14.1. The van der Waals surface area contributed by atoms with Gasteiger partial charge in [-0.25, -0.2) is 4.79 Å². The van der Waals surface area contributed by atoms with Gasteiger partial charge in [-0.2, -0.15) is 36.4 Å². The number of hydrogen-bond donors (Lipinski definition) is 2. The highest BCUT2D eigenvalue weighted by molar-refractivity contribution is 8.18. The van der Waals surface area contributed by atoms with E-state index in [1.165, 1.54) is 11.1 Å². The van der Waals surface area contributed by atoms with Crippen LogP contribution in [0.15, 0.2) is 52.5 Å². The molecule has 2 amide bonds. The molecule has 2 aliphatic rings. The molecule has 1 saturated heterocycles. The number of amidine groups is 1. The Morgan fingerprint density at radius 2 is 1.80 bits per heavy atom. The monoisotopic (exact) mass is 669 g/mol. The highest BCUT2D eigenvalue weighted by Gasteiger charge is 2.40. The first-order valence-electron chi connectivity index (χ1n) is 14.0. The van der Waals surface area contributed by atoms with Gasteiger partial charge in [-0.1, -0.05) is 12.1 Å². The number of fused-ring (bicyclic) bond motifs is 1. The van der Waals surface area contributed by atoms with E-state index in [-0.39, 0.29) is 41.3 Å². The maximum Gasteiger partial charge on any atom is 0.416 e. The molecule has 1 atom stereocenters. The molecule has 2 aromatic carbocycles. The summed E-state index contributed by atoms with van der Waals surface area (Å²) in [6, 6.07) is 5.55. The average Bonchev–Trinajstić information content (AvgIpc) is 3.59. The van der Waals surface area contributed by atoms with Gasteiger partial charge in [0.1, 0.15) is 5.60 Å². The number of aliphatic hydroxyl groups excluding tert-OH is 1. The zero-order valence-electron chi connectivity index (χ0n) is 24.8. The summed E-state index contributed by atoms with van der Waals surface area (Å²) in [6.45, 7) is 5.17. The van der Waals surface area contributed by atoms with Crippen LogP contribution in [0.5, 0.6) is 0 Å². The summed E-state index contributed by atoms with van der Waals surface area (Å²) in [6.07, 6.45) is -9.73. The number of aromatic nitrogens is 2. The van der Waals surface area contributed by atoms with Gasteiger partial charge in [0.15, 0.2) is 5.17 Å². The van der Waals surface area contributed by atoms with Gasteiger partial charge in [0, 0.05) is 25.0 Å². The maximum atomic E-state index is 14.1. The Labute approximate surface area is 263 Å². The third kappa shape index (κ3) is 7.17. The quantitative estimate of drug-likeness (QED) is 0.255. The SMILES string of the molecule is CC(C)(C)OC(=O)N1CCN(C2=NC(=O)C(=C(Cc3ccc(C(F)(F)F)cc3C(F)(F)F)c3ccc4[nH]ncc4c3)S2)C(CO)C1. The predicted molar refractivity (Wildman–Crippen MR) is 159 cm³/mol. The second kappa shape index (κ2) is 12.3. The van der Waals surface area contributed by atoms with Crippen LogP contribution in [0.2, 0.25) is 0 Å². The van der Waals surface area contributed by atoms with Crippen molar-refractivity contribution in [2.45, 2.75) is 51.2 Å². The Morgan fingerprint density at radius 3 is 2.46 bits per heavy atom. The third-order valence-corrected chi connectivity index (χ3v) is 8.48. The number of rotatable bonds is 4. The lowest BCUT2D eigenvalue weighted by molar-refractivity contribution is -0.143. The number of nitrogens with one attached hydrogen (secondary N) is 1. The van der Waals surface area contributed by atoms with Gasteiger partial charge < -0.3 is 19.6 Å². The largest absolute Gasteiger partial charge is 0.444 e. The van der Waals surface area contributed by atoms with Crippen molar-refractivity contribution in [3.63, 3.8) is 0 Å². The van der Waals surface area contributed by atoms with E-state index in [1.807, 2.05) is 0 Å². The second-order valence-corrected chi connectivity index (χ2v) is 12.8. The van der Waals surface area contributed by atoms with Gasteiger partial charge >= 0.3 is 18.4 Å². The van der Waals surface area contributed by atoms with Crippen molar-refractivity contribution >= 4 is 45.4 Å². The fourth-order valence-electron chi connectivity index (χ4n) is 5.17. The number of allylic oxidation sites excluding steroid dienone is 1. The number of halogens is 6. The number of H-pyrrole nitrogens is 1. The molecular formula is C30H29F6N5O4S. The van der Waals surface area contributed by atoms with Crippen molar-refractivity contribution in [1.82, 2.24) is 20.0 Å². The van der Waals surface area contributed by atoms with Crippen LogP contribution in [0.3, 0.4) is 0 Å². The van der Waals surface area contributed by atoms with Gasteiger partial charge in [0.2, 0.25) is 0 Å². The molecule has 16 heteroatoms. The summed E-state index contributed by atoms with van der Waals surface area (Å²) in [5, 5.41) is 17.6. The van der Waals surface area contributed by atoms with Crippen LogP contribution in [0.4, 0.5) is 31.1 Å². The van der Waals surface area contributed by atoms with Crippen LogP contribution in [0.25, 0.3) is 16.5 Å². The second-order valence-electron chi connectivity index (χ2n) is 11.8. The van der Waals surface area contributed by atoms with E-state index in [0.717, 1.165) is 17.8 Å². The topological polar surface area (TPSA) is 111 Å². The average molecular weight is 670 g/mol. The Hall–Kier alpha value is -4.05. The Bertz CT molecular complexity index is 1730. The van der Waals surface area contributed by atoms with Crippen molar-refractivity contribution < 1.29 is 45.8 Å². The number of aliphatic hydroxyl groups is 1. The van der Waals surface area contributed by atoms with E-state index in [4.69, 9.17) is 4.74 Å². The number of carbonyl (C=O) groups is 2. The highest BCUT2D eigenvalue weighted by Crippen LogP contribution is 2.42. The molecule has 9 nitrogen and oxygen atoms in total. The molecule has 3 aromatic rings. The van der Waals surface area contributed by atoms with Crippen molar-refractivity contribution in [3.8, 4) is 0 Å². The summed E-state index contributed by atoms with van der Waals surface area (Å²) >= 11 is 0.890. The highest BCUT2D eigenvalue weighted by atomic mass is 32.2. The minimum atomic E-state index is -5.11. The summed E-state index contributed by atoms with van der Waals surface area (Å²) < 4.78 is 87.8. The molecule has 246 valence electrons. The molecule has 1 unspecified atom stereocenters. The number of benzene rings is 2. The number of amides is 2. The molecule has 0 saturated carbocycles. The molecular weight excluding hydrogens is 640 g/mol. The predicted octanol–water partition coefficient (Wildman–Crippen LogP) is 6.10. The molecule has 2 N–H and O–H groups in total. The van der Waals surface area contributed by atoms with Gasteiger partial charge in [-0.15, -0.1) is 0 Å². The zero-order valence-corrected chi connectivity index (χ0v) is 25.6. The molecule has 0 bridgehead atoms. The molecule has 5 rings (SSSR count). The van der Waals surface area contributed by atoms with E-state index < -0.39 is 65.7 Å². The van der Waals surface area contributed by atoms with E-state index in [1.54, 1.807) is 43.9 Å². The molecule has 0 spiro atoms. The molecule has 2 aliphatic heterocycles. The summed E-state index contributed by atoms with van der Waals surface area (Å²) in [7, 11) is 0. The first-order chi connectivity index (χ1) is 21.4. The van der Waals surface area contributed by atoms with Crippen LogP contribution in [-0.2, 0) is 28.3 Å². The molecule has 0 aliphatic carbocycles. The van der Waals surface area contributed by atoms with E-state index in [0.29, 0.717) is 22.5 Å². The molecule has 1 aromatic heterocycles. The molecule has 46 heavy (non-hydrogen) atoms. The number of thioether (sulfide) groups is 1. The Balaban J connectivity index is 1.51. The van der Waals surface area contributed by atoms with Crippen LogP contribution in [-0.4, -0.2) is 80.2 Å². The number of aromatic amines is 1. The fraction of sp³-hybridized carbons (Fsp3) is 0.400. The van der Waals surface area contributed by atoms with E-state index >= 15 is 0 Å². The number of nitrogens with zero attached hydrogens (tertiary/aromatic N) is 4. The zero-order chi connectivity index (χ0) is 33.6. The lowest BCUT2D eigenvalue weighted by atomic mass is 9.92. The molecule has 0 radical (unpaired) electrons. The number of alkyl halides is 6. The number of ether oxygens (including phenoxy) is 1. The third-order valence-electron chi connectivity index (χ3n) is 7.35. The summed E-state index contributed by atoms with van der Waals surface area (Å²) in [5.74, 6) is -0.756. The number of aliphatic imine (C=N–C) groups is 1. The van der Waals surface area contributed by atoms with E-state index in [2.05, 4.69) is 15.2 Å². The van der Waals surface area contributed by atoms with Gasteiger partial charge in [-0.05, 0) is 79.9 Å². The smallest absolute Gasteiger partial charge is 0.416 e. The van der Waals surface area contributed by atoms with Crippen LogP contribution in [0.1, 0.15) is 43.0 Å². The van der Waals surface area contributed by atoms with Crippen LogP contribution in [0, 0.1) is 0 Å². The lowest BCUT2D eigenvalue weighted by Gasteiger charge is -2.41. The standard InChI is InChI=1S/C30H29F6N5O4S/c1-28(2,3)45-27(44)40-8-9-41(20(14-40)15-42)26-38-25(43)24(46-26)21(16-5-7-23-18(10-16)13-37-39-23)11-17-4-6-19(29(31,32)33)12-22(17)30(34,35)36/h4-7,10,12-13,20,42H,8-9,11,14-15H2,1-3H3,(H,37,39). The van der Waals surface area contributed by atoms with Crippen LogP contribution < -0.4 is 0 Å². The van der Waals surface area contributed by atoms with Crippen molar-refractivity contribution in [2.24, 2.45) is 4.99 Å². The van der Waals surface area contributed by atoms with Gasteiger partial charge in [0.25, 0.3) is 5.91 Å². The molecule has 1 fully saturated rings. The minimum Gasteiger partial charge on any atom is -0.444 e. The van der Waals surface area contributed by atoms with Crippen molar-refractivity contribution in [1.29, 1.82) is 0 Å². The lowest BCUT2D eigenvalue weighted by Crippen LogP contribution is -2.57. The fourth-order valence-corrected chi connectivity index (χ4v) is 6.28. The van der Waals surface area contributed by atoms with Gasteiger partial charge in [-0.3, -0.25) is 9.89 Å². The first-order valence-corrected chi connectivity index (χ1v) is 14.9. The van der Waals surface area contributed by atoms with Crippen LogP contribution >= 0.6 is 11.8 Å². The minimum absolute atomic E-state index is 0.0165. The normalized spacial score (nSPS) is 19.1. The van der Waals surface area contributed by atoms with Crippen molar-refractivity contribution in [3.05, 3.63) is 69.8 Å². The summed E-state index contributed by atoms with van der Waals surface area (Å²) in [4.78, 5) is 33.2. The Kier molecular flexibility index (Phi) is 8.90.